The zero-order valence-corrected chi connectivity index (χ0v) is 39.1. The lowest BCUT2D eigenvalue weighted by atomic mass is 10.1. The first-order chi connectivity index (χ1) is 26.4. The average molecular weight is 1010 g/mol. The number of sulfone groups is 1. The highest BCUT2D eigenvalue weighted by atomic mass is 35.5. The minimum absolute atomic E-state index is 0.0520. The number of ether oxygens (including phenoxy) is 1. The number of thiophene rings is 2. The summed E-state index contributed by atoms with van der Waals surface area (Å²) in [6.07, 6.45) is 1.00. The van der Waals surface area contributed by atoms with E-state index in [0.29, 0.717) is 61.5 Å². The Hall–Kier alpha value is -1.42. The van der Waals surface area contributed by atoms with Gasteiger partial charge in [0.1, 0.15) is 21.7 Å². The summed E-state index contributed by atoms with van der Waals surface area (Å²) in [7, 11) is -21.7. The molecule has 58 heavy (non-hydrogen) atoms. The Morgan fingerprint density at radius 3 is 1.74 bits per heavy atom. The van der Waals surface area contributed by atoms with Crippen molar-refractivity contribution in [3.8, 4) is 0 Å². The maximum atomic E-state index is 12.7. The van der Waals surface area contributed by atoms with Gasteiger partial charge in [0.25, 0.3) is 10.0 Å². The Kier molecular flexibility index (Phi) is 17.0. The summed E-state index contributed by atoms with van der Waals surface area (Å²) in [5.74, 6) is 0. The molecule has 0 spiro atoms. The Balaban J connectivity index is 0.000000237. The highest BCUT2D eigenvalue weighted by Gasteiger charge is 2.40. The number of hydrogen-bond donors (Lipinski definition) is 6. The molecule has 30 heteroatoms. The SMILES string of the molecule is CCN[C@H]1CN(CCCOC)S(=O)(=O)c2sc(S(N)(=O)=O)cc21.CCN[C@H]1C[C@H](C)S(=O)(=O)c2sc(S(N)(=O)=O)cc21.NS(=O)(=O)c1cc(Cl)c(Cl)c(S(N)(=O)=O)c1. The fraction of sp³-hybridized carbons (Fsp3) is 0.500. The molecule has 0 radical (unpaired) electrons. The van der Waals surface area contributed by atoms with Gasteiger partial charge in [0.2, 0.25) is 40.1 Å². The zero-order chi connectivity index (χ0) is 44.4. The van der Waals surface area contributed by atoms with Gasteiger partial charge in [-0.3, -0.25) is 0 Å². The van der Waals surface area contributed by atoms with Crippen molar-refractivity contribution in [2.45, 2.75) is 77.6 Å². The van der Waals surface area contributed by atoms with E-state index in [9.17, 15) is 50.5 Å². The number of rotatable bonds is 12. The predicted molar refractivity (Wildman–Crippen MR) is 220 cm³/mol. The molecule has 0 saturated heterocycles. The molecule has 0 fully saturated rings. The maximum absolute atomic E-state index is 12.7. The fourth-order valence-electron chi connectivity index (χ4n) is 5.58. The third kappa shape index (κ3) is 12.1. The summed E-state index contributed by atoms with van der Waals surface area (Å²) >= 11 is 12.6. The molecule has 2 aromatic heterocycles. The lowest BCUT2D eigenvalue weighted by Gasteiger charge is -2.32. The van der Waals surface area contributed by atoms with E-state index in [1.165, 1.54) is 16.4 Å². The molecule has 10 N–H and O–H groups in total. The van der Waals surface area contributed by atoms with Crippen molar-refractivity contribution in [1.82, 2.24) is 14.9 Å². The third-order valence-corrected chi connectivity index (χ3v) is 21.3. The zero-order valence-electron chi connectivity index (χ0n) is 31.1. The molecule has 0 unspecified atom stereocenters. The van der Waals surface area contributed by atoms with E-state index in [-0.39, 0.29) is 45.5 Å². The van der Waals surface area contributed by atoms with E-state index >= 15 is 0 Å². The maximum Gasteiger partial charge on any atom is 0.252 e. The number of likely N-dealkylation sites (N-methyl/N-ethyl adjacent to an activating group) is 1. The molecule has 330 valence electrons. The fourth-order valence-corrected chi connectivity index (χ4v) is 16.4. The molecule has 1 aromatic carbocycles. The van der Waals surface area contributed by atoms with Crippen molar-refractivity contribution in [1.29, 1.82) is 0 Å². The first-order valence-electron chi connectivity index (χ1n) is 16.5. The highest BCUT2D eigenvalue weighted by molar-refractivity contribution is 7.96. The lowest BCUT2D eigenvalue weighted by Crippen LogP contribution is -2.43. The summed E-state index contributed by atoms with van der Waals surface area (Å²) in [6, 6.07) is 4.03. The van der Waals surface area contributed by atoms with Crippen LogP contribution in [0.5, 0.6) is 0 Å². The largest absolute Gasteiger partial charge is 0.385 e. The molecule has 4 heterocycles. The molecule has 2 aliphatic heterocycles. The molecule has 2 aliphatic rings. The van der Waals surface area contributed by atoms with Gasteiger partial charge in [-0.2, -0.15) is 4.31 Å². The van der Waals surface area contributed by atoms with Crippen molar-refractivity contribution >= 4 is 106 Å². The molecule has 0 saturated carbocycles. The van der Waals surface area contributed by atoms with Crippen molar-refractivity contribution in [3.05, 3.63) is 45.4 Å². The Labute approximate surface area is 356 Å². The summed E-state index contributed by atoms with van der Waals surface area (Å²) < 4.78 is 146. The summed E-state index contributed by atoms with van der Waals surface area (Å²) in [5, 5.41) is 25.1. The topological polar surface area (TPSA) is 345 Å². The van der Waals surface area contributed by atoms with Crippen molar-refractivity contribution in [2.24, 2.45) is 20.6 Å². The van der Waals surface area contributed by atoms with E-state index in [2.05, 4.69) is 10.6 Å². The minimum atomic E-state index is -4.18. The minimum Gasteiger partial charge on any atom is -0.385 e. The molecule has 0 bridgehead atoms. The quantitative estimate of drug-likeness (QED) is 0.138. The van der Waals surface area contributed by atoms with Gasteiger partial charge in [0, 0.05) is 50.0 Å². The molecular weight excluding hydrogens is 970 g/mol. The number of benzene rings is 1. The number of hydrogen-bond acceptors (Lipinski definition) is 17. The second kappa shape index (κ2) is 19.3. The molecule has 5 rings (SSSR count). The van der Waals surface area contributed by atoms with Crippen LogP contribution in [0.2, 0.25) is 10.0 Å². The van der Waals surface area contributed by atoms with Crippen LogP contribution in [-0.2, 0) is 64.7 Å². The smallest absolute Gasteiger partial charge is 0.252 e. The third-order valence-electron chi connectivity index (χ3n) is 8.29. The van der Waals surface area contributed by atoms with Gasteiger partial charge in [-0.25, -0.2) is 71.1 Å². The Bertz CT molecular complexity index is 2670. The van der Waals surface area contributed by atoms with Crippen LogP contribution < -0.4 is 31.2 Å². The number of methoxy groups -OCH3 is 1. The van der Waals surface area contributed by atoms with Crippen LogP contribution in [0.15, 0.2) is 50.9 Å². The van der Waals surface area contributed by atoms with E-state index in [1.54, 1.807) is 14.0 Å². The number of halogens is 2. The summed E-state index contributed by atoms with van der Waals surface area (Å²) in [5.41, 5.74) is 0.998. The van der Waals surface area contributed by atoms with Crippen molar-refractivity contribution < 1.29 is 55.2 Å². The van der Waals surface area contributed by atoms with Gasteiger partial charge in [-0.05, 0) is 57.1 Å². The van der Waals surface area contributed by atoms with Gasteiger partial charge < -0.3 is 15.4 Å². The second-order valence-corrected chi connectivity index (χ2v) is 26.8. The van der Waals surface area contributed by atoms with Crippen LogP contribution in [0.1, 0.15) is 56.8 Å². The molecule has 20 nitrogen and oxygen atoms in total. The number of primary sulfonamides is 4. The average Bonchev–Trinajstić information content (AvgIpc) is 3.75. The van der Waals surface area contributed by atoms with Crippen LogP contribution in [0.25, 0.3) is 0 Å². The van der Waals surface area contributed by atoms with Crippen molar-refractivity contribution in [2.75, 3.05) is 39.9 Å². The van der Waals surface area contributed by atoms with Crippen molar-refractivity contribution in [3.63, 3.8) is 0 Å². The Morgan fingerprint density at radius 1 is 0.776 bits per heavy atom. The van der Waals surface area contributed by atoms with Crippen LogP contribution >= 0.6 is 45.9 Å². The van der Waals surface area contributed by atoms with E-state index < -0.39 is 75.0 Å². The van der Waals surface area contributed by atoms with Gasteiger partial charge in [0.05, 0.1) is 20.2 Å². The summed E-state index contributed by atoms with van der Waals surface area (Å²) in [6.45, 7) is 7.81. The monoisotopic (exact) mass is 1010 g/mol. The Morgan fingerprint density at radius 2 is 1.28 bits per heavy atom. The van der Waals surface area contributed by atoms with Crippen LogP contribution in [-0.4, -0.2) is 100.0 Å². The molecule has 0 aliphatic carbocycles. The number of nitrogens with two attached hydrogens (primary N) is 4. The first kappa shape index (κ1) is 50.9. The normalized spacial score (nSPS) is 20.5. The first-order valence-corrected chi connectivity index (χ1v) is 28.1. The molecule has 3 aromatic rings. The van der Waals surface area contributed by atoms with Gasteiger partial charge >= 0.3 is 0 Å². The highest BCUT2D eigenvalue weighted by Crippen LogP contribution is 2.43. The van der Waals surface area contributed by atoms with Crippen LogP contribution in [0.4, 0.5) is 0 Å². The molecule has 3 atom stereocenters. The second-order valence-electron chi connectivity index (χ2n) is 12.5. The van der Waals surface area contributed by atoms with Crippen LogP contribution in [0, 0.1) is 0 Å². The summed E-state index contributed by atoms with van der Waals surface area (Å²) in [4.78, 5) is -1.07. The van der Waals surface area contributed by atoms with Gasteiger partial charge in [-0.15, -0.1) is 22.7 Å². The van der Waals surface area contributed by atoms with E-state index in [0.717, 1.165) is 23.5 Å². The number of fused-ring (bicyclic) bond motifs is 2. The predicted octanol–water partition coefficient (Wildman–Crippen LogP) is 0.987. The molecular formula is C28H43Cl2N7O13S8. The number of nitrogens with zero attached hydrogens (tertiary/aromatic N) is 1. The van der Waals surface area contributed by atoms with Gasteiger partial charge in [0.15, 0.2) is 9.84 Å². The van der Waals surface area contributed by atoms with E-state index in [1.807, 2.05) is 13.8 Å². The number of nitrogens with one attached hydrogen (secondary N) is 2. The standard InChI is InChI=1S/C12H21N3O5S3.C10H16N2O4S3.C6H6Cl2N2O4S2/c1-3-14-10-8-15(5-4-6-20-2)23(18,19)12-9(10)7-11(21-12)22(13,16)17;1-3-12-8-4-6(2)18(13,14)10-7(8)5-9(17-10)19(11,15)16;7-4-1-3(15(9,11)12)2-5(6(4)8)16(10,13)14/h7,10,14H,3-6,8H2,1-2H3,(H2,13,16,17);5-6,8,12H,3-4H2,1-2H3,(H2,11,15,16);1-2H,(H2,9,11,12)(H2,10,13,14)/t10-;6-,8-;/m00./s1. The van der Waals surface area contributed by atoms with Crippen LogP contribution in [0.3, 0.4) is 0 Å². The van der Waals surface area contributed by atoms with Gasteiger partial charge in [-0.1, -0.05) is 37.0 Å². The number of sulfonamides is 5. The lowest BCUT2D eigenvalue weighted by molar-refractivity contribution is 0.185. The van der Waals surface area contributed by atoms with E-state index in [4.69, 9.17) is 48.5 Å². The molecule has 0 amide bonds.